The summed E-state index contributed by atoms with van der Waals surface area (Å²) in [4.78, 5) is 35.8. The van der Waals surface area contributed by atoms with Gasteiger partial charge in [0, 0.05) is 47.9 Å². The number of pyridine rings is 1. The van der Waals surface area contributed by atoms with Crippen molar-refractivity contribution in [2.24, 2.45) is 0 Å². The van der Waals surface area contributed by atoms with Crippen molar-refractivity contribution in [3.8, 4) is 21.6 Å². The van der Waals surface area contributed by atoms with Gasteiger partial charge in [-0.2, -0.15) is 0 Å². The summed E-state index contributed by atoms with van der Waals surface area (Å²) in [5.41, 5.74) is 5.11. The maximum Gasteiger partial charge on any atom is 0.263 e. The van der Waals surface area contributed by atoms with E-state index in [2.05, 4.69) is 23.0 Å². The predicted octanol–water partition coefficient (Wildman–Crippen LogP) is 4.77. The molecule has 164 valence electrons. The third-order valence-corrected chi connectivity index (χ3v) is 7.95. The maximum absolute atomic E-state index is 13.4. The summed E-state index contributed by atoms with van der Waals surface area (Å²) in [5, 5.41) is 0. The molecule has 6 heteroatoms. The lowest BCUT2D eigenvalue weighted by Crippen LogP contribution is -2.44. The van der Waals surface area contributed by atoms with E-state index in [9.17, 15) is 9.59 Å². The van der Waals surface area contributed by atoms with E-state index in [4.69, 9.17) is 0 Å². The predicted molar refractivity (Wildman–Crippen MR) is 128 cm³/mol. The summed E-state index contributed by atoms with van der Waals surface area (Å²) in [6.07, 6.45) is 6.96. The van der Waals surface area contributed by atoms with E-state index >= 15 is 0 Å². The highest BCUT2D eigenvalue weighted by atomic mass is 32.1. The minimum Gasteiger partial charge on any atom is -0.338 e. The maximum atomic E-state index is 13.4. The van der Waals surface area contributed by atoms with Gasteiger partial charge in [0.25, 0.3) is 5.91 Å². The molecule has 2 aromatic heterocycles. The summed E-state index contributed by atoms with van der Waals surface area (Å²) in [6, 6.07) is 12.4. The molecule has 0 spiro atoms. The van der Waals surface area contributed by atoms with Gasteiger partial charge in [0.1, 0.15) is 0 Å². The minimum absolute atomic E-state index is 0.0856. The third kappa shape index (κ3) is 3.89. The van der Waals surface area contributed by atoms with Crippen LogP contribution in [0.1, 0.15) is 44.9 Å². The van der Waals surface area contributed by atoms with Crippen LogP contribution in [0.4, 0.5) is 0 Å². The molecule has 32 heavy (non-hydrogen) atoms. The molecule has 1 saturated heterocycles. The quantitative estimate of drug-likeness (QED) is 0.580. The number of hydrogen-bond acceptors (Lipinski definition) is 5. The van der Waals surface area contributed by atoms with Crippen LogP contribution in [0.15, 0.2) is 48.8 Å². The number of rotatable bonds is 4. The number of carbonyl (C=O) groups is 2. The van der Waals surface area contributed by atoms with E-state index in [0.717, 1.165) is 69.9 Å². The van der Waals surface area contributed by atoms with Crippen LogP contribution in [0.5, 0.6) is 0 Å². The average Bonchev–Trinajstić information content (AvgIpc) is 3.43. The molecular weight excluding hydrogens is 418 g/mol. The van der Waals surface area contributed by atoms with Crippen LogP contribution in [0.2, 0.25) is 0 Å². The molecule has 1 aromatic carbocycles. The number of aryl methyl sites for hydroxylation is 1. The molecule has 1 fully saturated rings. The van der Waals surface area contributed by atoms with E-state index in [1.54, 1.807) is 23.7 Å². The Hall–Kier alpha value is -2.83. The van der Waals surface area contributed by atoms with Crippen molar-refractivity contribution in [3.05, 3.63) is 64.8 Å². The number of nitrogens with zero attached hydrogens (tertiary/aromatic N) is 3. The van der Waals surface area contributed by atoms with Crippen molar-refractivity contribution in [2.45, 2.75) is 31.7 Å². The van der Waals surface area contributed by atoms with Crippen LogP contribution in [0, 0.1) is 0 Å². The molecular formula is C26H27N3O2S. The Labute approximate surface area is 192 Å². The Bertz CT molecular complexity index is 1160. The molecule has 1 aliphatic carbocycles. The highest BCUT2D eigenvalue weighted by molar-refractivity contribution is 7.18. The van der Waals surface area contributed by atoms with Crippen LogP contribution >= 0.6 is 11.3 Å². The molecule has 1 aliphatic heterocycles. The fourth-order valence-electron chi connectivity index (χ4n) is 4.78. The van der Waals surface area contributed by atoms with Crippen LogP contribution in [-0.2, 0) is 6.42 Å². The molecule has 0 N–H and O–H groups in total. The average molecular weight is 446 g/mol. The van der Waals surface area contributed by atoms with E-state index in [1.807, 2.05) is 42.3 Å². The zero-order chi connectivity index (χ0) is 22.2. The molecule has 0 bridgehead atoms. The number of benzene rings is 1. The Morgan fingerprint density at radius 1 is 1.03 bits per heavy atom. The number of likely N-dealkylation sites (tertiary alicyclic amines) is 1. The van der Waals surface area contributed by atoms with Gasteiger partial charge in [-0.1, -0.05) is 12.1 Å². The number of piperidine rings is 1. The van der Waals surface area contributed by atoms with Gasteiger partial charge in [-0.3, -0.25) is 14.6 Å². The van der Waals surface area contributed by atoms with Crippen molar-refractivity contribution in [1.82, 2.24) is 14.8 Å². The second-order valence-electron chi connectivity index (χ2n) is 8.83. The molecule has 1 amide bonds. The second-order valence-corrected chi connectivity index (χ2v) is 9.89. The van der Waals surface area contributed by atoms with Crippen molar-refractivity contribution < 1.29 is 9.59 Å². The van der Waals surface area contributed by atoms with Gasteiger partial charge < -0.3 is 9.80 Å². The van der Waals surface area contributed by atoms with Gasteiger partial charge in [-0.25, -0.2) is 0 Å². The Morgan fingerprint density at radius 3 is 2.53 bits per heavy atom. The van der Waals surface area contributed by atoms with Gasteiger partial charge in [-0.05, 0) is 80.4 Å². The SMILES string of the molecule is CN1CCC(N(C)C(=O)c2cc(-c3ccncc3)c(-c3ccc4c(c3)CCC4=O)s2)CC1. The van der Waals surface area contributed by atoms with Crippen molar-refractivity contribution in [1.29, 1.82) is 0 Å². The zero-order valence-electron chi connectivity index (χ0n) is 18.5. The zero-order valence-corrected chi connectivity index (χ0v) is 19.3. The normalized spacial score (nSPS) is 16.9. The number of aromatic nitrogens is 1. The molecule has 3 aromatic rings. The molecule has 5 nitrogen and oxygen atoms in total. The molecule has 0 unspecified atom stereocenters. The van der Waals surface area contributed by atoms with Crippen LogP contribution in [-0.4, -0.2) is 59.7 Å². The standard InChI is InChI=1S/C26H27N3O2S/c1-28-13-9-20(10-14-28)29(2)26(31)24-16-22(17-7-11-27-12-8-17)25(32-24)19-3-5-21-18(15-19)4-6-23(21)30/h3,5,7-8,11-12,15-16,20H,4,6,9-10,13-14H2,1-2H3. The van der Waals surface area contributed by atoms with Gasteiger partial charge in [0.05, 0.1) is 4.88 Å². The smallest absolute Gasteiger partial charge is 0.263 e. The number of carbonyl (C=O) groups excluding carboxylic acids is 2. The van der Waals surface area contributed by atoms with Crippen molar-refractivity contribution in [3.63, 3.8) is 0 Å². The first-order chi connectivity index (χ1) is 15.5. The van der Waals surface area contributed by atoms with E-state index in [0.29, 0.717) is 6.42 Å². The van der Waals surface area contributed by atoms with Crippen molar-refractivity contribution >= 4 is 23.0 Å². The summed E-state index contributed by atoms with van der Waals surface area (Å²) in [7, 11) is 4.07. The first kappa shape index (κ1) is 21.0. The van der Waals surface area contributed by atoms with E-state index in [1.165, 1.54) is 0 Å². The number of fused-ring (bicyclic) bond motifs is 1. The van der Waals surface area contributed by atoms with Crippen LogP contribution < -0.4 is 0 Å². The Morgan fingerprint density at radius 2 is 1.78 bits per heavy atom. The topological polar surface area (TPSA) is 53.5 Å². The lowest BCUT2D eigenvalue weighted by atomic mass is 10.00. The lowest BCUT2D eigenvalue weighted by molar-refractivity contribution is 0.0664. The Kier molecular flexibility index (Phi) is 5.66. The number of Topliss-reactive ketones (excluding diaryl/α,β-unsaturated/α-hetero) is 1. The van der Waals surface area contributed by atoms with Gasteiger partial charge in [-0.15, -0.1) is 11.3 Å². The number of hydrogen-bond donors (Lipinski definition) is 0. The summed E-state index contributed by atoms with van der Waals surface area (Å²) in [5.74, 6) is 0.310. The third-order valence-electron chi connectivity index (χ3n) is 6.78. The molecule has 0 radical (unpaired) electrons. The molecule has 0 saturated carbocycles. The fourth-order valence-corrected chi connectivity index (χ4v) is 5.93. The monoisotopic (exact) mass is 445 g/mol. The first-order valence-electron chi connectivity index (χ1n) is 11.2. The van der Waals surface area contributed by atoms with Gasteiger partial charge in [0.15, 0.2) is 5.78 Å². The number of amides is 1. The van der Waals surface area contributed by atoms with Gasteiger partial charge in [0.2, 0.25) is 0 Å². The highest BCUT2D eigenvalue weighted by Gasteiger charge is 2.27. The number of thiophene rings is 1. The van der Waals surface area contributed by atoms with Gasteiger partial charge >= 0.3 is 0 Å². The van der Waals surface area contributed by atoms with E-state index in [-0.39, 0.29) is 17.7 Å². The first-order valence-corrected chi connectivity index (χ1v) is 12.0. The number of ketones is 1. The van der Waals surface area contributed by atoms with Crippen molar-refractivity contribution in [2.75, 3.05) is 27.2 Å². The molecule has 2 aliphatic rings. The lowest BCUT2D eigenvalue weighted by Gasteiger charge is -2.34. The molecule has 0 atom stereocenters. The summed E-state index contributed by atoms with van der Waals surface area (Å²) >= 11 is 1.55. The largest absolute Gasteiger partial charge is 0.338 e. The molecule has 5 rings (SSSR count). The fraction of sp³-hybridized carbons (Fsp3) is 0.346. The Balaban J connectivity index is 1.52. The van der Waals surface area contributed by atoms with Crippen LogP contribution in [0.3, 0.4) is 0 Å². The summed E-state index contributed by atoms with van der Waals surface area (Å²) < 4.78 is 0. The van der Waals surface area contributed by atoms with Crippen LogP contribution in [0.25, 0.3) is 21.6 Å². The second kappa shape index (κ2) is 8.60. The molecule has 3 heterocycles. The van der Waals surface area contributed by atoms with E-state index < -0.39 is 0 Å². The summed E-state index contributed by atoms with van der Waals surface area (Å²) in [6.45, 7) is 2.04. The minimum atomic E-state index is 0.0856. The highest BCUT2D eigenvalue weighted by Crippen LogP contribution is 2.41.